The lowest BCUT2D eigenvalue weighted by Crippen LogP contribution is -2.28. The molecule has 1 saturated heterocycles. The summed E-state index contributed by atoms with van der Waals surface area (Å²) in [6.45, 7) is 3.19. The molecule has 1 aliphatic rings. The summed E-state index contributed by atoms with van der Waals surface area (Å²) in [5.74, 6) is -0.746. The average molecular weight is 299 g/mol. The second-order valence-corrected chi connectivity index (χ2v) is 5.60. The number of aromatic amines is 1. The lowest BCUT2D eigenvalue weighted by atomic mass is 9.97. The highest BCUT2D eigenvalue weighted by atomic mass is 16.4. The number of carboxylic acid groups (broad SMARTS) is 1. The van der Waals surface area contributed by atoms with E-state index in [4.69, 9.17) is 5.11 Å². The summed E-state index contributed by atoms with van der Waals surface area (Å²) in [7, 11) is 0. The fourth-order valence-corrected chi connectivity index (χ4v) is 2.80. The van der Waals surface area contributed by atoms with E-state index in [9.17, 15) is 9.59 Å². The molecule has 22 heavy (non-hydrogen) atoms. The first-order valence-corrected chi connectivity index (χ1v) is 7.19. The molecule has 2 N–H and O–H groups in total. The number of aryl methyl sites for hydroxylation is 1. The molecule has 1 aliphatic heterocycles. The number of hydrogen-bond acceptors (Lipinski definition) is 3. The van der Waals surface area contributed by atoms with Gasteiger partial charge in [0.25, 0.3) is 5.91 Å². The van der Waals surface area contributed by atoms with Gasteiger partial charge in [0, 0.05) is 24.7 Å². The number of H-pyrrole nitrogens is 1. The zero-order valence-corrected chi connectivity index (χ0v) is 12.2. The maximum atomic E-state index is 12.3. The fraction of sp³-hybridized carbons (Fsp3) is 0.312. The van der Waals surface area contributed by atoms with E-state index in [2.05, 4.69) is 10.2 Å². The van der Waals surface area contributed by atoms with Crippen LogP contribution in [0.1, 0.15) is 44.4 Å². The van der Waals surface area contributed by atoms with Gasteiger partial charge in [-0.15, -0.1) is 0 Å². The van der Waals surface area contributed by atoms with E-state index in [1.165, 1.54) is 0 Å². The lowest BCUT2D eigenvalue weighted by molar-refractivity contribution is 0.0696. The molecule has 0 radical (unpaired) electrons. The van der Waals surface area contributed by atoms with Crippen molar-refractivity contribution < 1.29 is 14.7 Å². The molecule has 1 atom stereocenters. The van der Waals surface area contributed by atoms with Gasteiger partial charge in [-0.1, -0.05) is 12.1 Å². The minimum absolute atomic E-state index is 0.0611. The van der Waals surface area contributed by atoms with Crippen molar-refractivity contribution in [2.75, 3.05) is 13.1 Å². The molecule has 2 aromatic rings. The SMILES string of the molecule is Cc1cc(C(=O)N2CC[C@@H](c3ccc(C(=O)O)cc3)C2)n[nH]1. The minimum atomic E-state index is -0.927. The van der Waals surface area contributed by atoms with E-state index < -0.39 is 5.97 Å². The summed E-state index contributed by atoms with van der Waals surface area (Å²) in [5, 5.41) is 15.7. The van der Waals surface area contributed by atoms with Crippen molar-refractivity contribution in [3.8, 4) is 0 Å². The number of aromatic nitrogens is 2. The van der Waals surface area contributed by atoms with Crippen molar-refractivity contribution >= 4 is 11.9 Å². The molecule has 1 fully saturated rings. The number of amides is 1. The first-order valence-electron chi connectivity index (χ1n) is 7.19. The lowest BCUT2D eigenvalue weighted by Gasteiger charge is -2.15. The third-order valence-corrected chi connectivity index (χ3v) is 4.03. The zero-order valence-electron chi connectivity index (χ0n) is 12.2. The van der Waals surface area contributed by atoms with Crippen LogP contribution in [0, 0.1) is 6.92 Å². The first-order chi connectivity index (χ1) is 10.5. The van der Waals surface area contributed by atoms with E-state index >= 15 is 0 Å². The molecule has 1 aromatic carbocycles. The summed E-state index contributed by atoms with van der Waals surface area (Å²) in [6, 6.07) is 8.64. The molecule has 3 rings (SSSR count). The summed E-state index contributed by atoms with van der Waals surface area (Å²) >= 11 is 0. The minimum Gasteiger partial charge on any atom is -0.478 e. The van der Waals surface area contributed by atoms with Crippen molar-refractivity contribution in [2.45, 2.75) is 19.3 Å². The van der Waals surface area contributed by atoms with Crippen LogP contribution in [0.2, 0.25) is 0 Å². The summed E-state index contributed by atoms with van der Waals surface area (Å²) in [5.41, 5.74) is 2.66. The van der Waals surface area contributed by atoms with Gasteiger partial charge in [0.1, 0.15) is 5.69 Å². The molecule has 2 heterocycles. The third kappa shape index (κ3) is 2.72. The monoisotopic (exact) mass is 299 g/mol. The van der Waals surface area contributed by atoms with E-state index in [0.29, 0.717) is 18.8 Å². The molecular formula is C16H17N3O3. The van der Waals surface area contributed by atoms with Crippen molar-refractivity contribution in [1.29, 1.82) is 0 Å². The van der Waals surface area contributed by atoms with Crippen molar-refractivity contribution in [3.05, 3.63) is 52.8 Å². The standard InChI is InChI=1S/C16H17N3O3/c1-10-8-14(18-17-10)15(20)19-7-6-13(9-19)11-2-4-12(5-3-11)16(21)22/h2-5,8,13H,6-7,9H2,1H3,(H,17,18)(H,21,22)/t13-/m1/s1. The number of nitrogens with zero attached hydrogens (tertiary/aromatic N) is 2. The van der Waals surface area contributed by atoms with Crippen LogP contribution in [0.25, 0.3) is 0 Å². The Labute approximate surface area is 127 Å². The third-order valence-electron chi connectivity index (χ3n) is 4.03. The smallest absolute Gasteiger partial charge is 0.335 e. The number of nitrogens with one attached hydrogen (secondary N) is 1. The Morgan fingerprint density at radius 1 is 1.32 bits per heavy atom. The quantitative estimate of drug-likeness (QED) is 0.908. The van der Waals surface area contributed by atoms with Gasteiger partial charge in [-0.25, -0.2) is 4.79 Å². The van der Waals surface area contributed by atoms with E-state index in [-0.39, 0.29) is 17.4 Å². The Kier molecular flexibility index (Phi) is 3.66. The highest BCUT2D eigenvalue weighted by Crippen LogP contribution is 2.28. The molecule has 114 valence electrons. The van der Waals surface area contributed by atoms with Crippen molar-refractivity contribution in [2.24, 2.45) is 0 Å². The molecule has 6 heteroatoms. The Bertz CT molecular complexity index is 706. The summed E-state index contributed by atoms with van der Waals surface area (Å²) < 4.78 is 0. The maximum Gasteiger partial charge on any atom is 0.335 e. The molecule has 1 amide bonds. The second kappa shape index (κ2) is 5.63. The van der Waals surface area contributed by atoms with Crippen LogP contribution in [-0.4, -0.2) is 45.2 Å². The van der Waals surface area contributed by atoms with Gasteiger partial charge in [0.05, 0.1) is 5.56 Å². The summed E-state index contributed by atoms with van der Waals surface area (Å²) in [6.07, 6.45) is 0.877. The van der Waals surface area contributed by atoms with Gasteiger partial charge < -0.3 is 10.0 Å². The number of hydrogen-bond donors (Lipinski definition) is 2. The van der Waals surface area contributed by atoms with E-state index in [1.807, 2.05) is 19.1 Å². The Hall–Kier alpha value is -2.63. The number of rotatable bonds is 3. The van der Waals surface area contributed by atoms with Gasteiger partial charge in [0.2, 0.25) is 0 Å². The largest absolute Gasteiger partial charge is 0.478 e. The average Bonchev–Trinajstić information content (AvgIpc) is 3.15. The normalized spacial score (nSPS) is 17.7. The van der Waals surface area contributed by atoms with Gasteiger partial charge in [-0.2, -0.15) is 5.10 Å². The molecular weight excluding hydrogens is 282 g/mol. The number of carbonyl (C=O) groups excluding carboxylic acids is 1. The van der Waals surface area contributed by atoms with Crippen LogP contribution >= 0.6 is 0 Å². The molecule has 6 nitrogen and oxygen atoms in total. The molecule has 0 unspecified atom stereocenters. The maximum absolute atomic E-state index is 12.3. The van der Waals surface area contributed by atoms with Crippen LogP contribution in [0.15, 0.2) is 30.3 Å². The predicted molar refractivity (Wildman–Crippen MR) is 80.0 cm³/mol. The van der Waals surface area contributed by atoms with Crippen molar-refractivity contribution in [1.82, 2.24) is 15.1 Å². The topological polar surface area (TPSA) is 86.3 Å². The Balaban J connectivity index is 1.69. The molecule has 0 bridgehead atoms. The van der Waals surface area contributed by atoms with Crippen LogP contribution in [-0.2, 0) is 0 Å². The molecule has 0 spiro atoms. The Morgan fingerprint density at radius 2 is 2.05 bits per heavy atom. The Morgan fingerprint density at radius 3 is 2.64 bits per heavy atom. The zero-order chi connectivity index (χ0) is 15.7. The highest BCUT2D eigenvalue weighted by Gasteiger charge is 2.29. The van der Waals surface area contributed by atoms with Crippen molar-refractivity contribution in [3.63, 3.8) is 0 Å². The van der Waals surface area contributed by atoms with Gasteiger partial charge >= 0.3 is 5.97 Å². The number of benzene rings is 1. The number of aromatic carboxylic acids is 1. The van der Waals surface area contributed by atoms with E-state index in [1.54, 1.807) is 23.1 Å². The molecule has 1 aromatic heterocycles. The molecule has 0 saturated carbocycles. The number of carbonyl (C=O) groups is 2. The van der Waals surface area contributed by atoms with Gasteiger partial charge in [-0.3, -0.25) is 9.89 Å². The summed E-state index contributed by atoms with van der Waals surface area (Å²) in [4.78, 5) is 25.0. The first kappa shape index (κ1) is 14.3. The van der Waals surface area contributed by atoms with Crippen LogP contribution < -0.4 is 0 Å². The highest BCUT2D eigenvalue weighted by molar-refractivity contribution is 5.92. The predicted octanol–water partition coefficient (Wildman–Crippen LogP) is 2.05. The number of likely N-dealkylation sites (tertiary alicyclic amines) is 1. The van der Waals surface area contributed by atoms with Gasteiger partial charge in [-0.05, 0) is 37.1 Å². The van der Waals surface area contributed by atoms with Crippen LogP contribution in [0.3, 0.4) is 0 Å². The van der Waals surface area contributed by atoms with Crippen LogP contribution in [0.4, 0.5) is 0 Å². The van der Waals surface area contributed by atoms with E-state index in [0.717, 1.165) is 17.7 Å². The van der Waals surface area contributed by atoms with Crippen LogP contribution in [0.5, 0.6) is 0 Å². The fourth-order valence-electron chi connectivity index (χ4n) is 2.80. The molecule has 0 aliphatic carbocycles. The van der Waals surface area contributed by atoms with Gasteiger partial charge in [0.15, 0.2) is 0 Å². The second-order valence-electron chi connectivity index (χ2n) is 5.60. The number of carboxylic acids is 1.